The minimum absolute atomic E-state index is 0.528. The molecule has 2 N–H and O–H groups in total. The topological polar surface area (TPSA) is 40.5 Å². The molecule has 1 heterocycles. The molecule has 0 amide bonds. The molecule has 1 saturated heterocycles. The molecule has 3 heteroatoms. The van der Waals surface area contributed by atoms with E-state index in [2.05, 4.69) is 6.92 Å². The van der Waals surface area contributed by atoms with Crippen molar-refractivity contribution in [2.24, 2.45) is 5.92 Å². The number of hydrogen-bond donors (Lipinski definition) is 2. The Kier molecular flexibility index (Phi) is 1.52. The standard InChI is InChI=1S/C5H12O2S/c1-5-2-3-8(6,7)4-5/h5-7H,2-4H2,1H3. The first-order chi connectivity index (χ1) is 3.60. The first kappa shape index (κ1) is 6.39. The van der Waals surface area contributed by atoms with Gasteiger partial charge in [0, 0.05) is 11.5 Å². The SMILES string of the molecule is CC1CCS(O)(O)C1. The van der Waals surface area contributed by atoms with Crippen LogP contribution in [0.1, 0.15) is 13.3 Å². The molecule has 0 aromatic carbocycles. The van der Waals surface area contributed by atoms with Crippen molar-refractivity contribution in [3.63, 3.8) is 0 Å². The summed E-state index contributed by atoms with van der Waals surface area (Å²) in [5.74, 6) is 1.79. The van der Waals surface area contributed by atoms with Gasteiger partial charge < -0.3 is 0 Å². The van der Waals surface area contributed by atoms with Crippen LogP contribution >= 0.6 is 10.6 Å². The smallest absolute Gasteiger partial charge is 0.0400 e. The third-order valence-electron chi connectivity index (χ3n) is 1.49. The molecule has 2 nitrogen and oxygen atoms in total. The van der Waals surface area contributed by atoms with Crippen LogP contribution in [-0.4, -0.2) is 20.6 Å². The van der Waals surface area contributed by atoms with Crippen molar-refractivity contribution >= 4 is 10.6 Å². The predicted molar refractivity (Wildman–Crippen MR) is 36.4 cm³/mol. The van der Waals surface area contributed by atoms with Crippen LogP contribution in [0.2, 0.25) is 0 Å². The molecule has 0 aromatic heterocycles. The van der Waals surface area contributed by atoms with Crippen molar-refractivity contribution in [3.05, 3.63) is 0 Å². The van der Waals surface area contributed by atoms with Gasteiger partial charge in [0.25, 0.3) is 0 Å². The van der Waals surface area contributed by atoms with Crippen LogP contribution in [0.4, 0.5) is 0 Å². The Hall–Kier alpha value is 0.270. The quantitative estimate of drug-likeness (QED) is 0.533. The fourth-order valence-corrected chi connectivity index (χ4v) is 3.04. The van der Waals surface area contributed by atoms with E-state index < -0.39 is 10.6 Å². The van der Waals surface area contributed by atoms with Crippen LogP contribution in [-0.2, 0) is 0 Å². The van der Waals surface area contributed by atoms with Crippen LogP contribution in [0, 0.1) is 5.92 Å². The van der Waals surface area contributed by atoms with Gasteiger partial charge in [-0.1, -0.05) is 6.92 Å². The number of rotatable bonds is 0. The molecule has 0 bridgehead atoms. The van der Waals surface area contributed by atoms with Crippen LogP contribution in [0.3, 0.4) is 0 Å². The molecule has 1 atom stereocenters. The van der Waals surface area contributed by atoms with Gasteiger partial charge in [-0.2, -0.15) is 10.6 Å². The van der Waals surface area contributed by atoms with Crippen LogP contribution in [0.25, 0.3) is 0 Å². The van der Waals surface area contributed by atoms with Gasteiger partial charge in [0.2, 0.25) is 0 Å². The van der Waals surface area contributed by atoms with E-state index >= 15 is 0 Å². The minimum atomic E-state index is -2.10. The van der Waals surface area contributed by atoms with Crippen molar-refractivity contribution in [3.8, 4) is 0 Å². The summed E-state index contributed by atoms with van der Waals surface area (Å²) >= 11 is 0. The second-order valence-electron chi connectivity index (χ2n) is 2.57. The third-order valence-corrected chi connectivity index (χ3v) is 3.48. The average molecular weight is 136 g/mol. The van der Waals surface area contributed by atoms with Gasteiger partial charge in [-0.15, -0.1) is 0 Å². The monoisotopic (exact) mass is 136 g/mol. The molecular weight excluding hydrogens is 124 g/mol. The van der Waals surface area contributed by atoms with Gasteiger partial charge in [0.15, 0.2) is 0 Å². The highest BCUT2D eigenvalue weighted by Gasteiger charge is 2.24. The van der Waals surface area contributed by atoms with E-state index in [1.54, 1.807) is 0 Å². The van der Waals surface area contributed by atoms with E-state index in [9.17, 15) is 0 Å². The third kappa shape index (κ3) is 1.37. The highest BCUT2D eigenvalue weighted by Crippen LogP contribution is 2.47. The molecular formula is C5H12O2S. The van der Waals surface area contributed by atoms with Crippen LogP contribution in [0.15, 0.2) is 0 Å². The summed E-state index contributed by atoms with van der Waals surface area (Å²) in [6.45, 7) is 2.06. The number of hydrogen-bond acceptors (Lipinski definition) is 2. The first-order valence-electron chi connectivity index (χ1n) is 2.84. The zero-order valence-corrected chi connectivity index (χ0v) is 5.82. The molecule has 1 unspecified atom stereocenters. The summed E-state index contributed by atoms with van der Waals surface area (Å²) in [6.07, 6.45) is 0.988. The fraction of sp³-hybridized carbons (Fsp3) is 1.00. The maximum atomic E-state index is 9.00. The second-order valence-corrected chi connectivity index (χ2v) is 4.91. The van der Waals surface area contributed by atoms with Gasteiger partial charge in [-0.3, -0.25) is 9.11 Å². The Morgan fingerprint density at radius 2 is 2.12 bits per heavy atom. The summed E-state index contributed by atoms with van der Waals surface area (Å²) in [5, 5.41) is 0. The van der Waals surface area contributed by atoms with Crippen LogP contribution in [0.5, 0.6) is 0 Å². The molecule has 1 rings (SSSR count). The molecule has 0 saturated carbocycles. The molecule has 50 valence electrons. The zero-order chi connectivity index (χ0) is 6.20. The Labute approximate surface area is 51.3 Å². The minimum Gasteiger partial charge on any atom is -0.299 e. The van der Waals surface area contributed by atoms with Crippen molar-refractivity contribution in [1.29, 1.82) is 0 Å². The maximum Gasteiger partial charge on any atom is 0.0400 e. The predicted octanol–water partition coefficient (Wildman–Crippen LogP) is 1.78. The van der Waals surface area contributed by atoms with Crippen molar-refractivity contribution in [2.75, 3.05) is 11.5 Å². The molecule has 1 aliphatic heterocycles. The van der Waals surface area contributed by atoms with Gasteiger partial charge in [0.05, 0.1) is 0 Å². The molecule has 0 radical (unpaired) electrons. The first-order valence-corrected chi connectivity index (χ1v) is 4.72. The fourth-order valence-electron chi connectivity index (χ4n) is 1.01. The normalized spacial score (nSPS) is 39.6. The van der Waals surface area contributed by atoms with Crippen LogP contribution < -0.4 is 0 Å². The van der Waals surface area contributed by atoms with Crippen molar-refractivity contribution < 1.29 is 9.11 Å². The molecule has 1 aliphatic rings. The highest BCUT2D eigenvalue weighted by atomic mass is 32.3. The van der Waals surface area contributed by atoms with E-state index in [-0.39, 0.29) is 0 Å². The summed E-state index contributed by atoms with van der Waals surface area (Å²) in [4.78, 5) is 0. The lowest BCUT2D eigenvalue weighted by atomic mass is 10.2. The summed E-state index contributed by atoms with van der Waals surface area (Å²) in [6, 6.07) is 0. The summed E-state index contributed by atoms with van der Waals surface area (Å²) < 4.78 is 18.0. The Morgan fingerprint density at radius 1 is 1.50 bits per heavy atom. The van der Waals surface area contributed by atoms with Crippen molar-refractivity contribution in [2.45, 2.75) is 13.3 Å². The van der Waals surface area contributed by atoms with Gasteiger partial charge >= 0.3 is 0 Å². The van der Waals surface area contributed by atoms with E-state index in [1.165, 1.54) is 0 Å². The summed E-state index contributed by atoms with van der Waals surface area (Å²) in [5.41, 5.74) is 0. The van der Waals surface area contributed by atoms with E-state index in [0.29, 0.717) is 17.4 Å². The van der Waals surface area contributed by atoms with Gasteiger partial charge in [-0.05, 0) is 12.3 Å². The maximum absolute atomic E-state index is 9.00. The Bertz CT molecular complexity index is 92.4. The molecule has 1 fully saturated rings. The van der Waals surface area contributed by atoms with Gasteiger partial charge in [-0.25, -0.2) is 0 Å². The van der Waals surface area contributed by atoms with Gasteiger partial charge in [0.1, 0.15) is 0 Å². The molecule has 0 aromatic rings. The molecule has 0 spiro atoms. The summed E-state index contributed by atoms with van der Waals surface area (Å²) in [7, 11) is -2.10. The Morgan fingerprint density at radius 3 is 2.25 bits per heavy atom. The van der Waals surface area contributed by atoms with E-state index in [0.717, 1.165) is 6.42 Å². The molecule has 0 aliphatic carbocycles. The lowest BCUT2D eigenvalue weighted by Gasteiger charge is -2.25. The van der Waals surface area contributed by atoms with E-state index in [1.807, 2.05) is 0 Å². The molecule has 8 heavy (non-hydrogen) atoms. The highest BCUT2D eigenvalue weighted by molar-refractivity contribution is 8.24. The largest absolute Gasteiger partial charge is 0.299 e. The lowest BCUT2D eigenvalue weighted by Crippen LogP contribution is -1.98. The average Bonchev–Trinajstić information content (AvgIpc) is 1.82. The Balaban J connectivity index is 2.44. The zero-order valence-electron chi connectivity index (χ0n) is 5.00. The van der Waals surface area contributed by atoms with E-state index in [4.69, 9.17) is 9.11 Å². The van der Waals surface area contributed by atoms with Crippen molar-refractivity contribution in [1.82, 2.24) is 0 Å². The lowest BCUT2D eigenvalue weighted by molar-refractivity contribution is 0.493. The second kappa shape index (κ2) is 1.90.